The van der Waals surface area contributed by atoms with Crippen LogP contribution in [0.1, 0.15) is 10.5 Å². The van der Waals surface area contributed by atoms with Crippen molar-refractivity contribution in [2.45, 2.75) is 0 Å². The molecule has 0 saturated carbocycles. The van der Waals surface area contributed by atoms with Crippen molar-refractivity contribution < 1.29 is 14.3 Å². The van der Waals surface area contributed by atoms with E-state index in [0.29, 0.717) is 22.6 Å². The van der Waals surface area contributed by atoms with Crippen molar-refractivity contribution in [2.24, 2.45) is 7.05 Å². The number of nitrogens with zero attached hydrogens (tertiary/aromatic N) is 4. The first-order valence-electron chi connectivity index (χ1n) is 7.20. The summed E-state index contributed by atoms with van der Waals surface area (Å²) in [4.78, 5) is 19.3. The lowest BCUT2D eigenvalue weighted by Crippen LogP contribution is -1.99. The Bertz CT molecular complexity index is 1060. The Morgan fingerprint density at radius 2 is 2.04 bits per heavy atom. The maximum Gasteiger partial charge on any atom is 0.354 e. The maximum absolute atomic E-state index is 11.0. The fraction of sp³-hybridized carbons (Fsp3) is 0.0588. The topological polar surface area (TPSA) is 94.0 Å². The third-order valence-corrected chi connectivity index (χ3v) is 3.62. The number of aryl methyl sites for hydroxylation is 1. The standard InChI is InChI=1S/C17H12N4O3/c1-21-7-5-12(20-21)10-2-3-15-13(8-10)19-16(24-15)11-4-6-18-14(9-11)17(22)23/h2-9H,1H3,(H,22,23). The van der Waals surface area contributed by atoms with Gasteiger partial charge in [-0.15, -0.1) is 0 Å². The molecule has 0 spiro atoms. The number of aromatic nitrogens is 4. The third-order valence-electron chi connectivity index (χ3n) is 3.62. The minimum absolute atomic E-state index is 0.0519. The summed E-state index contributed by atoms with van der Waals surface area (Å²) in [6.45, 7) is 0. The zero-order valence-electron chi connectivity index (χ0n) is 12.7. The van der Waals surface area contributed by atoms with Crippen molar-refractivity contribution in [3.8, 4) is 22.7 Å². The summed E-state index contributed by atoms with van der Waals surface area (Å²) in [5.41, 5.74) is 3.60. The van der Waals surface area contributed by atoms with E-state index in [1.165, 1.54) is 12.3 Å². The fourth-order valence-corrected chi connectivity index (χ4v) is 2.46. The Morgan fingerprint density at radius 3 is 2.79 bits per heavy atom. The van der Waals surface area contributed by atoms with Gasteiger partial charge in [0.25, 0.3) is 0 Å². The Kier molecular flexibility index (Phi) is 3.13. The Balaban J connectivity index is 1.78. The molecule has 0 amide bonds. The Morgan fingerprint density at radius 1 is 1.17 bits per heavy atom. The molecule has 118 valence electrons. The van der Waals surface area contributed by atoms with Gasteiger partial charge in [-0.2, -0.15) is 5.10 Å². The minimum atomic E-state index is -1.09. The molecule has 0 atom stereocenters. The number of hydrogen-bond acceptors (Lipinski definition) is 5. The van der Waals surface area contributed by atoms with E-state index in [-0.39, 0.29) is 5.69 Å². The van der Waals surface area contributed by atoms with Gasteiger partial charge in [0.05, 0.1) is 5.69 Å². The van der Waals surface area contributed by atoms with Crippen LogP contribution in [0.4, 0.5) is 0 Å². The molecule has 7 heteroatoms. The van der Waals surface area contributed by atoms with Crippen LogP contribution in [-0.2, 0) is 7.05 Å². The van der Waals surface area contributed by atoms with Gasteiger partial charge in [0.15, 0.2) is 5.58 Å². The molecule has 1 aromatic carbocycles. The largest absolute Gasteiger partial charge is 0.477 e. The lowest BCUT2D eigenvalue weighted by Gasteiger charge is -1.96. The lowest BCUT2D eigenvalue weighted by molar-refractivity contribution is 0.0690. The quantitative estimate of drug-likeness (QED) is 0.623. The van der Waals surface area contributed by atoms with Crippen LogP contribution in [0, 0.1) is 0 Å². The molecule has 3 aromatic heterocycles. The summed E-state index contributed by atoms with van der Waals surface area (Å²) < 4.78 is 7.46. The predicted molar refractivity (Wildman–Crippen MR) is 86.4 cm³/mol. The molecular formula is C17H12N4O3. The van der Waals surface area contributed by atoms with Gasteiger partial charge in [-0.25, -0.2) is 14.8 Å². The number of carboxylic acids is 1. The molecule has 4 rings (SSSR count). The second kappa shape index (κ2) is 5.31. The summed E-state index contributed by atoms with van der Waals surface area (Å²) >= 11 is 0. The van der Waals surface area contributed by atoms with Crippen LogP contribution in [-0.4, -0.2) is 30.8 Å². The summed E-state index contributed by atoms with van der Waals surface area (Å²) in [6.07, 6.45) is 3.30. The van der Waals surface area contributed by atoms with Crippen molar-refractivity contribution in [3.05, 3.63) is 54.5 Å². The van der Waals surface area contributed by atoms with Gasteiger partial charge in [-0.3, -0.25) is 4.68 Å². The van der Waals surface area contributed by atoms with E-state index in [4.69, 9.17) is 9.52 Å². The van der Waals surface area contributed by atoms with E-state index in [0.717, 1.165) is 11.3 Å². The lowest BCUT2D eigenvalue weighted by atomic mass is 10.1. The zero-order chi connectivity index (χ0) is 16.7. The highest BCUT2D eigenvalue weighted by atomic mass is 16.4. The van der Waals surface area contributed by atoms with Gasteiger partial charge in [0.2, 0.25) is 5.89 Å². The van der Waals surface area contributed by atoms with Crippen LogP contribution in [0.25, 0.3) is 33.8 Å². The van der Waals surface area contributed by atoms with Crippen LogP contribution < -0.4 is 0 Å². The van der Waals surface area contributed by atoms with Gasteiger partial charge in [-0.05, 0) is 36.4 Å². The normalized spacial score (nSPS) is 11.0. The van der Waals surface area contributed by atoms with Gasteiger partial charge >= 0.3 is 5.97 Å². The van der Waals surface area contributed by atoms with Crippen LogP contribution >= 0.6 is 0 Å². The molecule has 24 heavy (non-hydrogen) atoms. The number of pyridine rings is 1. The van der Waals surface area contributed by atoms with Crippen LogP contribution in [0.15, 0.2) is 53.2 Å². The van der Waals surface area contributed by atoms with E-state index >= 15 is 0 Å². The van der Waals surface area contributed by atoms with E-state index in [9.17, 15) is 4.79 Å². The Labute approximate surface area is 136 Å². The second-order valence-corrected chi connectivity index (χ2v) is 5.31. The molecule has 0 aliphatic heterocycles. The minimum Gasteiger partial charge on any atom is -0.477 e. The van der Waals surface area contributed by atoms with Crippen LogP contribution in [0.2, 0.25) is 0 Å². The molecule has 0 unspecified atom stereocenters. The highest BCUT2D eigenvalue weighted by Crippen LogP contribution is 2.27. The fourth-order valence-electron chi connectivity index (χ4n) is 2.46. The smallest absolute Gasteiger partial charge is 0.354 e. The first-order valence-corrected chi connectivity index (χ1v) is 7.20. The summed E-state index contributed by atoms with van der Waals surface area (Å²) in [7, 11) is 1.86. The molecule has 0 aliphatic rings. The van der Waals surface area contributed by atoms with Gasteiger partial charge in [-0.1, -0.05) is 0 Å². The molecular weight excluding hydrogens is 308 g/mol. The molecule has 7 nitrogen and oxygen atoms in total. The van der Waals surface area contributed by atoms with E-state index in [1.54, 1.807) is 10.7 Å². The number of hydrogen-bond donors (Lipinski definition) is 1. The maximum atomic E-state index is 11.0. The van der Waals surface area contributed by atoms with Crippen molar-refractivity contribution in [3.63, 3.8) is 0 Å². The summed E-state index contributed by atoms with van der Waals surface area (Å²) in [5, 5.41) is 13.4. The Hall–Kier alpha value is -3.48. The average molecular weight is 320 g/mol. The van der Waals surface area contributed by atoms with Crippen molar-refractivity contribution >= 4 is 17.1 Å². The molecule has 0 radical (unpaired) electrons. The van der Waals surface area contributed by atoms with E-state index in [2.05, 4.69) is 15.1 Å². The first-order chi connectivity index (χ1) is 11.6. The molecule has 0 bridgehead atoms. The highest BCUT2D eigenvalue weighted by Gasteiger charge is 2.13. The number of aromatic carboxylic acids is 1. The monoisotopic (exact) mass is 320 g/mol. The number of oxazole rings is 1. The number of rotatable bonds is 3. The van der Waals surface area contributed by atoms with Crippen molar-refractivity contribution in [2.75, 3.05) is 0 Å². The van der Waals surface area contributed by atoms with Crippen molar-refractivity contribution in [1.29, 1.82) is 0 Å². The molecule has 0 fully saturated rings. The van der Waals surface area contributed by atoms with Gasteiger partial charge in [0.1, 0.15) is 11.2 Å². The molecule has 3 heterocycles. The van der Waals surface area contributed by atoms with E-state index in [1.807, 2.05) is 37.5 Å². The predicted octanol–water partition coefficient (Wildman–Crippen LogP) is 2.99. The molecule has 4 aromatic rings. The number of carbonyl (C=O) groups is 1. The number of fused-ring (bicyclic) bond motifs is 1. The van der Waals surface area contributed by atoms with Gasteiger partial charge in [0, 0.05) is 30.6 Å². The average Bonchev–Trinajstić information content (AvgIpc) is 3.20. The zero-order valence-corrected chi connectivity index (χ0v) is 12.7. The highest BCUT2D eigenvalue weighted by molar-refractivity contribution is 5.87. The summed E-state index contributed by atoms with van der Waals surface area (Å²) in [6, 6.07) is 10.7. The van der Waals surface area contributed by atoms with E-state index < -0.39 is 5.97 Å². The van der Waals surface area contributed by atoms with Crippen molar-refractivity contribution in [1.82, 2.24) is 19.7 Å². The molecule has 0 saturated heterocycles. The summed E-state index contributed by atoms with van der Waals surface area (Å²) in [5.74, 6) is -0.738. The van der Waals surface area contributed by atoms with Crippen LogP contribution in [0.3, 0.4) is 0 Å². The SMILES string of the molecule is Cn1ccc(-c2ccc3oc(-c4ccnc(C(=O)O)c4)nc3c2)n1. The first kappa shape index (κ1) is 14.1. The number of carboxylic acid groups (broad SMARTS) is 1. The third kappa shape index (κ3) is 2.41. The molecule has 0 aliphatic carbocycles. The van der Waals surface area contributed by atoms with Crippen LogP contribution in [0.5, 0.6) is 0 Å². The molecule has 1 N–H and O–H groups in total. The van der Waals surface area contributed by atoms with Gasteiger partial charge < -0.3 is 9.52 Å². The number of benzene rings is 1. The second-order valence-electron chi connectivity index (χ2n) is 5.31.